The first-order valence-corrected chi connectivity index (χ1v) is 8.29. The van der Waals surface area contributed by atoms with Gasteiger partial charge in [0, 0.05) is 11.1 Å². The van der Waals surface area contributed by atoms with Gasteiger partial charge in [0.2, 0.25) is 0 Å². The predicted octanol–water partition coefficient (Wildman–Crippen LogP) is 4.06. The lowest BCUT2D eigenvalue weighted by Crippen LogP contribution is -2.09. The number of ketones is 1. The minimum Gasteiger partial charge on any atom is -0.465 e. The van der Waals surface area contributed by atoms with Crippen LogP contribution in [0.25, 0.3) is 0 Å². The van der Waals surface area contributed by atoms with Crippen molar-refractivity contribution >= 4 is 17.7 Å². The van der Waals surface area contributed by atoms with Gasteiger partial charge in [-0.1, -0.05) is 0 Å². The molecule has 0 radical (unpaired) electrons. The standard InChI is InChI=1S/C22H15FO5/c1-27-21(25)16-2-4-17(5-3-16)22(26)28-19-12-8-15(9-13-19)20(24)14-6-10-18(23)11-7-14/h2-13H,1H3. The van der Waals surface area contributed by atoms with E-state index in [1.165, 1.54) is 79.9 Å². The summed E-state index contributed by atoms with van der Waals surface area (Å²) >= 11 is 0. The van der Waals surface area contributed by atoms with Crippen LogP contribution >= 0.6 is 0 Å². The van der Waals surface area contributed by atoms with E-state index in [9.17, 15) is 18.8 Å². The summed E-state index contributed by atoms with van der Waals surface area (Å²) in [6.07, 6.45) is 0. The zero-order valence-electron chi connectivity index (χ0n) is 14.8. The minimum atomic E-state index is -0.603. The molecular weight excluding hydrogens is 363 g/mol. The van der Waals surface area contributed by atoms with Crippen molar-refractivity contribution in [2.45, 2.75) is 0 Å². The second-order valence-corrected chi connectivity index (χ2v) is 5.82. The molecule has 0 aliphatic carbocycles. The average Bonchev–Trinajstić information content (AvgIpc) is 2.74. The quantitative estimate of drug-likeness (QED) is 0.380. The molecule has 0 aromatic heterocycles. The van der Waals surface area contributed by atoms with Gasteiger partial charge in [-0.2, -0.15) is 0 Å². The molecule has 28 heavy (non-hydrogen) atoms. The Morgan fingerprint density at radius 2 is 1.07 bits per heavy atom. The highest BCUT2D eigenvalue weighted by Gasteiger charge is 2.13. The Balaban J connectivity index is 1.68. The fourth-order valence-electron chi connectivity index (χ4n) is 2.47. The Bertz CT molecular complexity index is 1010. The molecule has 3 aromatic rings. The number of hydrogen-bond donors (Lipinski definition) is 0. The van der Waals surface area contributed by atoms with Gasteiger partial charge < -0.3 is 9.47 Å². The van der Waals surface area contributed by atoms with E-state index in [0.29, 0.717) is 16.7 Å². The van der Waals surface area contributed by atoms with E-state index in [1.807, 2.05) is 0 Å². The molecule has 3 rings (SSSR count). The van der Waals surface area contributed by atoms with Gasteiger partial charge in [0.05, 0.1) is 18.2 Å². The van der Waals surface area contributed by atoms with Crippen molar-refractivity contribution in [2.75, 3.05) is 7.11 Å². The summed E-state index contributed by atoms with van der Waals surface area (Å²) in [6, 6.07) is 17.1. The SMILES string of the molecule is COC(=O)c1ccc(C(=O)Oc2ccc(C(=O)c3ccc(F)cc3)cc2)cc1. The molecule has 0 heterocycles. The van der Waals surface area contributed by atoms with Crippen LogP contribution < -0.4 is 4.74 Å². The Hall–Kier alpha value is -3.80. The zero-order chi connectivity index (χ0) is 20.1. The Morgan fingerprint density at radius 3 is 1.57 bits per heavy atom. The summed E-state index contributed by atoms with van der Waals surface area (Å²) in [5, 5.41) is 0. The minimum absolute atomic E-state index is 0.262. The molecule has 0 spiro atoms. The first-order valence-electron chi connectivity index (χ1n) is 8.29. The van der Waals surface area contributed by atoms with Crippen LogP contribution in [0.3, 0.4) is 0 Å². The summed E-state index contributed by atoms with van der Waals surface area (Å²) in [5.41, 5.74) is 1.33. The smallest absolute Gasteiger partial charge is 0.343 e. The van der Waals surface area contributed by atoms with Crippen LogP contribution in [-0.4, -0.2) is 24.8 Å². The van der Waals surface area contributed by atoms with E-state index in [-0.39, 0.29) is 17.1 Å². The van der Waals surface area contributed by atoms with E-state index >= 15 is 0 Å². The molecule has 6 heteroatoms. The zero-order valence-corrected chi connectivity index (χ0v) is 14.8. The van der Waals surface area contributed by atoms with Crippen LogP contribution in [0.2, 0.25) is 0 Å². The van der Waals surface area contributed by atoms with Gasteiger partial charge in [-0.05, 0) is 72.8 Å². The summed E-state index contributed by atoms with van der Waals surface area (Å²) in [7, 11) is 1.27. The Kier molecular flexibility index (Phi) is 5.60. The maximum atomic E-state index is 13.0. The van der Waals surface area contributed by atoms with Crippen molar-refractivity contribution in [3.05, 3.63) is 101 Å². The highest BCUT2D eigenvalue weighted by Crippen LogP contribution is 2.17. The van der Waals surface area contributed by atoms with E-state index in [0.717, 1.165) is 0 Å². The lowest BCUT2D eigenvalue weighted by Gasteiger charge is -2.06. The van der Waals surface area contributed by atoms with Crippen molar-refractivity contribution in [2.24, 2.45) is 0 Å². The molecule has 0 N–H and O–H groups in total. The number of halogens is 1. The molecule has 0 amide bonds. The number of hydrogen-bond acceptors (Lipinski definition) is 5. The van der Waals surface area contributed by atoms with Gasteiger partial charge in [-0.15, -0.1) is 0 Å². The van der Waals surface area contributed by atoms with Gasteiger partial charge in [0.15, 0.2) is 5.78 Å². The third-order valence-corrected chi connectivity index (χ3v) is 3.98. The second-order valence-electron chi connectivity index (χ2n) is 5.82. The number of benzene rings is 3. The van der Waals surface area contributed by atoms with E-state index in [4.69, 9.17) is 4.74 Å². The lowest BCUT2D eigenvalue weighted by atomic mass is 10.0. The molecule has 0 atom stereocenters. The number of rotatable bonds is 5. The number of esters is 2. The van der Waals surface area contributed by atoms with E-state index in [1.54, 1.807) is 0 Å². The third kappa shape index (κ3) is 4.29. The van der Waals surface area contributed by atoms with Crippen LogP contribution in [-0.2, 0) is 4.74 Å². The first kappa shape index (κ1) is 19.0. The number of methoxy groups -OCH3 is 1. The Morgan fingerprint density at radius 1 is 0.643 bits per heavy atom. The highest BCUT2D eigenvalue weighted by atomic mass is 19.1. The highest BCUT2D eigenvalue weighted by molar-refractivity contribution is 6.09. The molecule has 140 valence electrons. The second kappa shape index (κ2) is 8.26. The van der Waals surface area contributed by atoms with Gasteiger partial charge >= 0.3 is 11.9 Å². The molecule has 0 aliphatic rings. The normalized spacial score (nSPS) is 10.2. The molecule has 0 saturated heterocycles. The van der Waals surface area contributed by atoms with Gasteiger partial charge in [-0.25, -0.2) is 14.0 Å². The molecular formula is C22H15FO5. The van der Waals surface area contributed by atoms with Crippen molar-refractivity contribution in [3.8, 4) is 5.75 Å². The molecule has 0 fully saturated rings. The van der Waals surface area contributed by atoms with Crippen molar-refractivity contribution < 1.29 is 28.2 Å². The summed E-state index contributed by atoms with van der Waals surface area (Å²) in [6.45, 7) is 0. The van der Waals surface area contributed by atoms with Crippen molar-refractivity contribution in [1.82, 2.24) is 0 Å². The summed E-state index contributed by atoms with van der Waals surface area (Å²) in [5.74, 6) is -1.53. The predicted molar refractivity (Wildman–Crippen MR) is 99.0 cm³/mol. The van der Waals surface area contributed by atoms with Crippen LogP contribution in [0.4, 0.5) is 4.39 Å². The van der Waals surface area contributed by atoms with E-state index in [2.05, 4.69) is 4.74 Å². The lowest BCUT2D eigenvalue weighted by molar-refractivity contribution is 0.0599. The number of carbonyl (C=O) groups is 3. The van der Waals surface area contributed by atoms with E-state index < -0.39 is 17.8 Å². The Labute approximate surface area is 160 Å². The topological polar surface area (TPSA) is 69.7 Å². The van der Waals surface area contributed by atoms with Gasteiger partial charge in [-0.3, -0.25) is 4.79 Å². The molecule has 0 bridgehead atoms. The maximum absolute atomic E-state index is 13.0. The van der Waals surface area contributed by atoms with Crippen LogP contribution in [0.5, 0.6) is 5.75 Å². The van der Waals surface area contributed by atoms with Crippen molar-refractivity contribution in [1.29, 1.82) is 0 Å². The van der Waals surface area contributed by atoms with Gasteiger partial charge in [0.25, 0.3) is 0 Å². The monoisotopic (exact) mass is 378 g/mol. The average molecular weight is 378 g/mol. The van der Waals surface area contributed by atoms with Gasteiger partial charge in [0.1, 0.15) is 11.6 Å². The molecule has 5 nitrogen and oxygen atoms in total. The number of ether oxygens (including phenoxy) is 2. The fourth-order valence-corrected chi connectivity index (χ4v) is 2.47. The third-order valence-electron chi connectivity index (χ3n) is 3.98. The largest absolute Gasteiger partial charge is 0.465 e. The van der Waals surface area contributed by atoms with Crippen LogP contribution in [0.1, 0.15) is 36.6 Å². The summed E-state index contributed by atoms with van der Waals surface area (Å²) < 4.78 is 22.8. The molecule has 3 aromatic carbocycles. The van der Waals surface area contributed by atoms with Crippen molar-refractivity contribution in [3.63, 3.8) is 0 Å². The van der Waals surface area contributed by atoms with Crippen LogP contribution in [0, 0.1) is 5.82 Å². The van der Waals surface area contributed by atoms with Crippen LogP contribution in [0.15, 0.2) is 72.8 Å². The molecule has 0 aliphatic heterocycles. The molecule has 0 saturated carbocycles. The number of carbonyl (C=O) groups excluding carboxylic acids is 3. The maximum Gasteiger partial charge on any atom is 0.343 e. The fraction of sp³-hybridized carbons (Fsp3) is 0.0455. The molecule has 0 unspecified atom stereocenters. The first-order chi connectivity index (χ1) is 13.5. The summed E-state index contributed by atoms with van der Waals surface area (Å²) in [4.78, 5) is 36.0.